The molecule has 1 heterocycles. The van der Waals surface area contributed by atoms with Crippen LogP contribution in [-0.2, 0) is 0 Å². The number of thioether (sulfide) groups is 1. The third-order valence-electron chi connectivity index (χ3n) is 3.52. The van der Waals surface area contributed by atoms with Gasteiger partial charge in [-0.15, -0.1) is 0 Å². The SMILES string of the molecule is CC1(C)CCN(c2ccc(Cl)cc2/C(N)=N/O)CCS1. The number of nitrogens with zero attached hydrogens (tertiary/aromatic N) is 2. The standard InChI is InChI=1S/C14H20ClN3OS/c1-14(2)5-6-18(7-8-20-14)12-4-3-10(15)9-11(12)13(16)17-19/h3-4,9,19H,5-8H2,1-2H3,(H2,16,17). The fourth-order valence-electron chi connectivity index (χ4n) is 2.30. The predicted octanol–water partition coefficient (Wildman–Crippen LogP) is 3.16. The third-order valence-corrected chi connectivity index (χ3v) is 5.13. The van der Waals surface area contributed by atoms with Crippen molar-refractivity contribution in [2.24, 2.45) is 10.9 Å². The Morgan fingerprint density at radius 3 is 2.90 bits per heavy atom. The van der Waals surface area contributed by atoms with Crippen LogP contribution < -0.4 is 10.6 Å². The number of rotatable bonds is 2. The molecule has 2 rings (SSSR count). The van der Waals surface area contributed by atoms with Crippen LogP contribution in [0.3, 0.4) is 0 Å². The maximum atomic E-state index is 8.94. The topological polar surface area (TPSA) is 61.8 Å². The van der Waals surface area contributed by atoms with E-state index in [0.29, 0.717) is 10.6 Å². The van der Waals surface area contributed by atoms with Crippen LogP contribution in [0, 0.1) is 0 Å². The van der Waals surface area contributed by atoms with E-state index in [1.54, 1.807) is 6.07 Å². The molecule has 1 saturated heterocycles. The number of nitrogens with two attached hydrogens (primary N) is 1. The summed E-state index contributed by atoms with van der Waals surface area (Å²) in [4.78, 5) is 2.28. The Kier molecular flexibility index (Phi) is 4.70. The van der Waals surface area contributed by atoms with Crippen LogP contribution in [0.2, 0.25) is 5.02 Å². The summed E-state index contributed by atoms with van der Waals surface area (Å²) in [6.07, 6.45) is 1.09. The molecule has 0 amide bonds. The van der Waals surface area contributed by atoms with Gasteiger partial charge in [-0.05, 0) is 24.6 Å². The molecule has 0 bridgehead atoms. The Labute approximate surface area is 129 Å². The maximum Gasteiger partial charge on any atom is 0.172 e. The lowest BCUT2D eigenvalue weighted by molar-refractivity contribution is 0.318. The van der Waals surface area contributed by atoms with E-state index in [-0.39, 0.29) is 10.6 Å². The van der Waals surface area contributed by atoms with Crippen molar-refractivity contribution < 1.29 is 5.21 Å². The molecule has 20 heavy (non-hydrogen) atoms. The first-order valence-corrected chi connectivity index (χ1v) is 7.96. The number of benzene rings is 1. The van der Waals surface area contributed by atoms with Gasteiger partial charge in [-0.25, -0.2) is 0 Å². The molecule has 0 saturated carbocycles. The van der Waals surface area contributed by atoms with E-state index in [1.807, 2.05) is 23.9 Å². The number of amidine groups is 1. The first kappa shape index (κ1) is 15.3. The number of halogens is 1. The number of anilines is 1. The molecule has 1 aromatic rings. The van der Waals surface area contributed by atoms with Gasteiger partial charge in [0.25, 0.3) is 0 Å². The van der Waals surface area contributed by atoms with Crippen LogP contribution in [0.5, 0.6) is 0 Å². The number of hydrogen-bond donors (Lipinski definition) is 2. The smallest absolute Gasteiger partial charge is 0.172 e. The van der Waals surface area contributed by atoms with Crippen molar-refractivity contribution in [3.05, 3.63) is 28.8 Å². The first-order chi connectivity index (χ1) is 9.43. The molecule has 1 aliphatic heterocycles. The normalized spacial score (nSPS) is 19.8. The summed E-state index contributed by atoms with van der Waals surface area (Å²) < 4.78 is 0.290. The minimum Gasteiger partial charge on any atom is -0.409 e. The molecule has 0 spiro atoms. The summed E-state index contributed by atoms with van der Waals surface area (Å²) in [5.74, 6) is 1.16. The van der Waals surface area contributed by atoms with Crippen molar-refractivity contribution in [2.75, 3.05) is 23.7 Å². The van der Waals surface area contributed by atoms with E-state index in [4.69, 9.17) is 22.5 Å². The zero-order valence-electron chi connectivity index (χ0n) is 11.8. The quantitative estimate of drug-likeness (QED) is 0.381. The van der Waals surface area contributed by atoms with Gasteiger partial charge in [0, 0.05) is 39.9 Å². The highest BCUT2D eigenvalue weighted by molar-refractivity contribution is 8.00. The molecule has 0 aliphatic carbocycles. The second-order valence-corrected chi connectivity index (χ2v) is 7.73. The Balaban J connectivity index is 2.32. The molecule has 110 valence electrons. The van der Waals surface area contributed by atoms with Gasteiger partial charge in [-0.3, -0.25) is 0 Å². The predicted molar refractivity (Wildman–Crippen MR) is 87.3 cm³/mol. The van der Waals surface area contributed by atoms with Gasteiger partial charge >= 0.3 is 0 Å². The molecule has 3 N–H and O–H groups in total. The van der Waals surface area contributed by atoms with Crippen molar-refractivity contribution in [1.82, 2.24) is 0 Å². The highest BCUT2D eigenvalue weighted by Crippen LogP contribution is 2.33. The highest BCUT2D eigenvalue weighted by Gasteiger charge is 2.25. The second kappa shape index (κ2) is 6.14. The molecule has 0 unspecified atom stereocenters. The molecule has 0 aromatic heterocycles. The molecule has 6 heteroatoms. The van der Waals surface area contributed by atoms with Gasteiger partial charge < -0.3 is 15.8 Å². The summed E-state index contributed by atoms with van der Waals surface area (Å²) in [6, 6.07) is 5.53. The zero-order valence-corrected chi connectivity index (χ0v) is 13.3. The van der Waals surface area contributed by atoms with E-state index < -0.39 is 0 Å². The molecule has 4 nitrogen and oxygen atoms in total. The minimum atomic E-state index is 0.0960. The van der Waals surface area contributed by atoms with Gasteiger partial charge in [0.1, 0.15) is 0 Å². The average molecular weight is 314 g/mol. The average Bonchev–Trinajstić information content (AvgIpc) is 2.59. The Hall–Kier alpha value is -1.07. The summed E-state index contributed by atoms with van der Waals surface area (Å²) in [6.45, 7) is 6.44. The van der Waals surface area contributed by atoms with Crippen molar-refractivity contribution in [3.63, 3.8) is 0 Å². The van der Waals surface area contributed by atoms with Crippen LogP contribution in [0.4, 0.5) is 5.69 Å². The lowest BCUT2D eigenvalue weighted by atomic mass is 10.1. The molecular weight excluding hydrogens is 294 g/mol. The van der Waals surface area contributed by atoms with Crippen LogP contribution in [0.25, 0.3) is 0 Å². The first-order valence-electron chi connectivity index (χ1n) is 6.59. The fraction of sp³-hybridized carbons (Fsp3) is 0.500. The van der Waals surface area contributed by atoms with E-state index in [9.17, 15) is 0 Å². The Morgan fingerprint density at radius 1 is 1.45 bits per heavy atom. The molecule has 1 aromatic carbocycles. The van der Waals surface area contributed by atoms with Crippen molar-refractivity contribution >= 4 is 34.9 Å². The summed E-state index contributed by atoms with van der Waals surface area (Å²) in [5.41, 5.74) is 7.43. The minimum absolute atomic E-state index is 0.0960. The van der Waals surface area contributed by atoms with Gasteiger partial charge in [0.2, 0.25) is 0 Å². The molecule has 0 radical (unpaired) electrons. The van der Waals surface area contributed by atoms with Gasteiger partial charge in [-0.1, -0.05) is 30.6 Å². The largest absolute Gasteiger partial charge is 0.409 e. The molecule has 1 aliphatic rings. The number of oxime groups is 1. The van der Waals surface area contributed by atoms with E-state index in [1.165, 1.54) is 0 Å². The second-order valence-electron chi connectivity index (χ2n) is 5.49. The maximum absolute atomic E-state index is 8.94. The van der Waals surface area contributed by atoms with Crippen LogP contribution >= 0.6 is 23.4 Å². The van der Waals surface area contributed by atoms with Crippen LogP contribution in [0.1, 0.15) is 25.8 Å². The van der Waals surface area contributed by atoms with Crippen molar-refractivity contribution in [2.45, 2.75) is 25.0 Å². The summed E-state index contributed by atoms with van der Waals surface area (Å²) >= 11 is 8.00. The fourth-order valence-corrected chi connectivity index (χ4v) is 3.58. The Bertz CT molecular complexity index is 519. The van der Waals surface area contributed by atoms with E-state index in [2.05, 4.69) is 23.9 Å². The van der Waals surface area contributed by atoms with Crippen LogP contribution in [0.15, 0.2) is 23.4 Å². The van der Waals surface area contributed by atoms with Crippen molar-refractivity contribution in [3.8, 4) is 0 Å². The van der Waals surface area contributed by atoms with E-state index in [0.717, 1.165) is 31.0 Å². The Morgan fingerprint density at radius 2 is 2.20 bits per heavy atom. The molecular formula is C14H20ClN3OS. The van der Waals surface area contributed by atoms with Gasteiger partial charge in [-0.2, -0.15) is 11.8 Å². The van der Waals surface area contributed by atoms with Crippen LogP contribution in [-0.4, -0.2) is 34.6 Å². The van der Waals surface area contributed by atoms with Crippen molar-refractivity contribution in [1.29, 1.82) is 0 Å². The summed E-state index contributed by atoms with van der Waals surface area (Å²) in [7, 11) is 0. The molecule has 0 atom stereocenters. The van der Waals surface area contributed by atoms with Gasteiger partial charge in [0.15, 0.2) is 5.84 Å². The zero-order chi connectivity index (χ0) is 14.8. The number of hydrogen-bond acceptors (Lipinski definition) is 4. The monoisotopic (exact) mass is 313 g/mol. The third kappa shape index (κ3) is 3.52. The molecule has 1 fully saturated rings. The summed E-state index contributed by atoms with van der Waals surface area (Å²) in [5, 5.41) is 12.6. The lowest BCUT2D eigenvalue weighted by Crippen LogP contribution is -2.29. The highest BCUT2D eigenvalue weighted by atomic mass is 35.5. The van der Waals surface area contributed by atoms with Gasteiger partial charge in [0.05, 0.1) is 0 Å². The van der Waals surface area contributed by atoms with E-state index >= 15 is 0 Å². The lowest BCUT2D eigenvalue weighted by Gasteiger charge is -2.26.